The molecular weight excluding hydrogens is 596 g/mol. The normalized spacial score (nSPS) is 12.1. The molecule has 0 amide bonds. The lowest BCUT2D eigenvalue weighted by Gasteiger charge is -2.27. The zero-order chi connectivity index (χ0) is 38.1. The molecule has 1 heteroatoms. The van der Waals surface area contributed by atoms with Crippen LogP contribution in [0.3, 0.4) is 0 Å². The second kappa shape index (κ2) is 32.8. The predicted molar refractivity (Wildman–Crippen MR) is 225 cm³/mol. The molecule has 3 aromatic rings. The molecule has 49 heavy (non-hydrogen) atoms. The Balaban J connectivity index is -0.000000524. The van der Waals surface area contributed by atoms with Crippen LogP contribution in [0.5, 0.6) is 0 Å². The highest BCUT2D eigenvalue weighted by Crippen LogP contribution is 2.34. The zero-order valence-electron chi connectivity index (χ0n) is 33.6. The Morgan fingerprint density at radius 2 is 1.14 bits per heavy atom. The number of aryl methyl sites for hydroxylation is 4. The van der Waals surface area contributed by atoms with E-state index >= 15 is 0 Å². The van der Waals surface area contributed by atoms with Crippen molar-refractivity contribution in [3.05, 3.63) is 162 Å². The number of hydrogen-bond donors (Lipinski definition) is 0. The summed E-state index contributed by atoms with van der Waals surface area (Å²) in [7, 11) is 0. The van der Waals surface area contributed by atoms with E-state index in [1.54, 1.807) is 6.08 Å². The van der Waals surface area contributed by atoms with Gasteiger partial charge in [0, 0.05) is 0 Å². The third-order valence-corrected chi connectivity index (χ3v) is 7.52. The Bertz CT molecular complexity index is 1250. The van der Waals surface area contributed by atoms with Gasteiger partial charge in [-0.15, -0.1) is 13.2 Å². The average molecular weight is 669 g/mol. The number of hydrogen-bond acceptors (Lipinski definition) is 0. The summed E-state index contributed by atoms with van der Waals surface area (Å²) < 4.78 is 13.3. The highest BCUT2D eigenvalue weighted by Gasteiger charge is 2.28. The molecule has 0 spiro atoms. The first-order chi connectivity index (χ1) is 23.3. The van der Waals surface area contributed by atoms with Gasteiger partial charge in [-0.2, -0.15) is 0 Å². The van der Waals surface area contributed by atoms with Crippen molar-refractivity contribution in [3.63, 3.8) is 0 Å². The monoisotopic (exact) mass is 669 g/mol. The van der Waals surface area contributed by atoms with Crippen molar-refractivity contribution < 1.29 is 4.39 Å². The second-order valence-corrected chi connectivity index (χ2v) is 12.5. The van der Waals surface area contributed by atoms with Crippen molar-refractivity contribution in [2.24, 2.45) is 0 Å². The Kier molecular flexibility index (Phi) is 33.3. The van der Waals surface area contributed by atoms with Crippen molar-refractivity contribution in [3.8, 4) is 0 Å². The van der Waals surface area contributed by atoms with Crippen LogP contribution in [0.1, 0.15) is 128 Å². The van der Waals surface area contributed by atoms with Crippen molar-refractivity contribution in [1.82, 2.24) is 0 Å². The van der Waals surface area contributed by atoms with Gasteiger partial charge in [0.05, 0.1) is 0 Å². The molecule has 0 heterocycles. The highest BCUT2D eigenvalue weighted by atomic mass is 19.1. The van der Waals surface area contributed by atoms with E-state index in [1.807, 2.05) is 65.8 Å². The van der Waals surface area contributed by atoms with Crippen LogP contribution in [0.2, 0.25) is 0 Å². The molecule has 4 rings (SSSR count). The van der Waals surface area contributed by atoms with Crippen LogP contribution in [0.25, 0.3) is 5.57 Å². The largest absolute Gasteiger partial charge is 0.244 e. The van der Waals surface area contributed by atoms with E-state index in [1.165, 1.54) is 45.4 Å². The standard InChI is InChI=1S/C10H12.C10H16.C8H15F.C8H10.C7H8.C3H6.C2H6/c1-8(2)10-6-4-9(3)5-7-10;1-5-10(6-2)8-7-9(3)4;1-2-8(9)6-4-3-5-7-8;1-7-4-3-5-8(2)6-7;1-7-5-3-2-4-6-7;1-3-2;1-2/h4-7H,1H2,2-3H3;5-6H,1,3,7-8H2,2,4H3;2-7H2,1H3;3-6H,1-2H3;2-6H,1H3;3H,1H2,2H3;1-2H3/b;10-6-;;;;;. The summed E-state index contributed by atoms with van der Waals surface area (Å²) in [4.78, 5) is 0. The molecule has 0 radical (unpaired) electrons. The summed E-state index contributed by atoms with van der Waals surface area (Å²) >= 11 is 0. The lowest BCUT2D eigenvalue weighted by molar-refractivity contribution is 0.102. The van der Waals surface area contributed by atoms with Gasteiger partial charge in [-0.1, -0.05) is 189 Å². The number of alkyl halides is 1. The minimum atomic E-state index is -0.780. The summed E-state index contributed by atoms with van der Waals surface area (Å²) in [6.07, 6.45) is 13.7. The molecule has 1 fully saturated rings. The lowest BCUT2D eigenvalue weighted by Crippen LogP contribution is -2.24. The predicted octanol–water partition coefficient (Wildman–Crippen LogP) is 16.1. The van der Waals surface area contributed by atoms with Gasteiger partial charge >= 0.3 is 0 Å². The van der Waals surface area contributed by atoms with E-state index in [9.17, 15) is 4.39 Å². The third kappa shape index (κ3) is 31.3. The molecule has 1 saturated carbocycles. The topological polar surface area (TPSA) is 0 Å². The minimum Gasteiger partial charge on any atom is -0.244 e. The van der Waals surface area contributed by atoms with Crippen molar-refractivity contribution in [1.29, 1.82) is 0 Å². The Morgan fingerprint density at radius 1 is 0.694 bits per heavy atom. The zero-order valence-corrected chi connectivity index (χ0v) is 33.6. The van der Waals surface area contributed by atoms with E-state index < -0.39 is 5.67 Å². The molecule has 0 bridgehead atoms. The molecule has 3 aromatic carbocycles. The van der Waals surface area contributed by atoms with Gasteiger partial charge in [-0.05, 0) is 93.1 Å². The summed E-state index contributed by atoms with van der Waals surface area (Å²) in [5.41, 5.74) is 9.41. The van der Waals surface area contributed by atoms with Gasteiger partial charge in [0.1, 0.15) is 5.67 Å². The smallest absolute Gasteiger partial charge is 0.110 e. The first-order valence-electron chi connectivity index (χ1n) is 18.2. The van der Waals surface area contributed by atoms with Crippen LogP contribution >= 0.6 is 0 Å². The summed E-state index contributed by atoms with van der Waals surface area (Å²) in [5.74, 6) is 0. The molecule has 0 nitrogen and oxygen atoms in total. The fourth-order valence-corrected chi connectivity index (χ4v) is 4.44. The van der Waals surface area contributed by atoms with Gasteiger partial charge in [-0.3, -0.25) is 0 Å². The van der Waals surface area contributed by atoms with Crippen LogP contribution in [-0.4, -0.2) is 5.67 Å². The van der Waals surface area contributed by atoms with E-state index in [-0.39, 0.29) is 0 Å². The van der Waals surface area contributed by atoms with E-state index in [0.717, 1.165) is 44.1 Å². The minimum absolute atomic E-state index is 0.715. The first kappa shape index (κ1) is 49.7. The van der Waals surface area contributed by atoms with Crippen LogP contribution in [-0.2, 0) is 0 Å². The van der Waals surface area contributed by atoms with Crippen LogP contribution in [0, 0.1) is 27.7 Å². The molecule has 272 valence electrons. The molecule has 0 unspecified atom stereocenters. The molecule has 0 aromatic heterocycles. The molecule has 0 saturated heterocycles. The van der Waals surface area contributed by atoms with Crippen LogP contribution in [0.15, 0.2) is 135 Å². The summed E-state index contributed by atoms with van der Waals surface area (Å²) in [6, 6.07) is 27.1. The van der Waals surface area contributed by atoms with Crippen LogP contribution in [0.4, 0.5) is 4.39 Å². The Labute approximate surface area is 304 Å². The number of rotatable bonds is 6. The van der Waals surface area contributed by atoms with Gasteiger partial charge in [0.2, 0.25) is 0 Å². The van der Waals surface area contributed by atoms with Crippen molar-refractivity contribution >= 4 is 5.57 Å². The van der Waals surface area contributed by atoms with Gasteiger partial charge in [0.25, 0.3) is 0 Å². The maximum absolute atomic E-state index is 13.3. The molecule has 0 aliphatic heterocycles. The maximum atomic E-state index is 13.3. The van der Waals surface area contributed by atoms with Gasteiger partial charge in [0.15, 0.2) is 0 Å². The second-order valence-electron chi connectivity index (χ2n) is 12.5. The van der Waals surface area contributed by atoms with Crippen LogP contribution < -0.4 is 0 Å². The Morgan fingerprint density at radius 3 is 1.43 bits per heavy atom. The molecular formula is C48H73F. The van der Waals surface area contributed by atoms with Gasteiger partial charge < -0.3 is 0 Å². The number of halogens is 1. The fraction of sp³-hybridized carbons (Fsp3) is 0.417. The lowest BCUT2D eigenvalue weighted by atomic mass is 9.85. The summed E-state index contributed by atoms with van der Waals surface area (Å²) in [6.45, 7) is 37.1. The van der Waals surface area contributed by atoms with E-state index in [4.69, 9.17) is 0 Å². The quantitative estimate of drug-likeness (QED) is 0.181. The van der Waals surface area contributed by atoms with Gasteiger partial charge in [-0.25, -0.2) is 4.39 Å². The molecule has 0 N–H and O–H groups in total. The van der Waals surface area contributed by atoms with E-state index in [0.29, 0.717) is 6.42 Å². The summed E-state index contributed by atoms with van der Waals surface area (Å²) in [5, 5.41) is 0. The van der Waals surface area contributed by atoms with E-state index in [2.05, 4.69) is 128 Å². The Hall–Kier alpha value is -3.71. The third-order valence-electron chi connectivity index (χ3n) is 7.52. The fourth-order valence-electron chi connectivity index (χ4n) is 4.44. The maximum Gasteiger partial charge on any atom is 0.110 e. The highest BCUT2D eigenvalue weighted by molar-refractivity contribution is 5.61. The van der Waals surface area contributed by atoms with Crippen molar-refractivity contribution in [2.45, 2.75) is 133 Å². The molecule has 1 aliphatic rings. The van der Waals surface area contributed by atoms with Crippen molar-refractivity contribution in [2.75, 3.05) is 0 Å². The SMILES string of the molecule is C=C(C)c1ccc(C)cc1.C=C/C(=C/C)CCC(=C)C.C=CC.CC.CCC1(F)CCCCC1.Cc1cccc(C)c1.Cc1ccccc1. The molecule has 0 atom stereocenters. The number of benzene rings is 3. The number of allylic oxidation sites excluding steroid dienone is 6. The molecule has 1 aliphatic carbocycles. The average Bonchev–Trinajstić information content (AvgIpc) is 3.08. The first-order valence-corrected chi connectivity index (χ1v) is 18.2.